The molecule has 0 radical (unpaired) electrons. The van der Waals surface area contributed by atoms with Crippen molar-refractivity contribution in [3.63, 3.8) is 0 Å². The van der Waals surface area contributed by atoms with Crippen LogP contribution in [0.1, 0.15) is 46.5 Å². The highest BCUT2D eigenvalue weighted by Crippen LogP contribution is 2.22. The van der Waals surface area contributed by atoms with E-state index in [1.54, 1.807) is 0 Å². The first-order valence-electron chi connectivity index (χ1n) is 6.14. The second kappa shape index (κ2) is 7.63. The van der Waals surface area contributed by atoms with E-state index < -0.39 is 11.9 Å². The Morgan fingerprint density at radius 1 is 1.38 bits per heavy atom. The molecule has 4 heteroatoms. The van der Waals surface area contributed by atoms with E-state index in [4.69, 9.17) is 11.5 Å². The number of hydrogen-bond acceptors (Lipinski definition) is 3. The molecule has 0 bridgehead atoms. The molecule has 96 valence electrons. The number of hydrogen-bond donors (Lipinski definition) is 3. The van der Waals surface area contributed by atoms with Crippen LogP contribution in [0.15, 0.2) is 0 Å². The lowest BCUT2D eigenvalue weighted by atomic mass is 9.87. The summed E-state index contributed by atoms with van der Waals surface area (Å²) < 4.78 is 0. The average Bonchev–Trinajstić information content (AvgIpc) is 2.17. The van der Waals surface area contributed by atoms with Crippen LogP contribution in [-0.4, -0.2) is 25.0 Å². The monoisotopic (exact) mass is 229 g/mol. The van der Waals surface area contributed by atoms with E-state index in [1.807, 2.05) is 0 Å². The van der Waals surface area contributed by atoms with Gasteiger partial charge in [-0.15, -0.1) is 0 Å². The van der Waals surface area contributed by atoms with Gasteiger partial charge in [0, 0.05) is 13.1 Å². The molecule has 16 heavy (non-hydrogen) atoms. The molecule has 1 unspecified atom stereocenters. The van der Waals surface area contributed by atoms with Gasteiger partial charge in [-0.1, -0.05) is 40.0 Å². The number of carbonyl (C=O) groups is 1. The normalized spacial score (nSPS) is 13.8. The van der Waals surface area contributed by atoms with Crippen LogP contribution in [0.3, 0.4) is 0 Å². The molecule has 0 saturated heterocycles. The van der Waals surface area contributed by atoms with Gasteiger partial charge in [-0.3, -0.25) is 4.79 Å². The minimum absolute atomic E-state index is 0.256. The lowest BCUT2D eigenvalue weighted by molar-refractivity contribution is -0.119. The van der Waals surface area contributed by atoms with Gasteiger partial charge < -0.3 is 16.8 Å². The van der Waals surface area contributed by atoms with Gasteiger partial charge in [-0.05, 0) is 11.8 Å². The van der Waals surface area contributed by atoms with Crippen molar-refractivity contribution in [1.29, 1.82) is 0 Å². The van der Waals surface area contributed by atoms with E-state index >= 15 is 0 Å². The predicted molar refractivity (Wildman–Crippen MR) is 68.0 cm³/mol. The number of nitrogens with one attached hydrogen (secondary N) is 1. The van der Waals surface area contributed by atoms with Crippen molar-refractivity contribution in [3.05, 3.63) is 0 Å². The third kappa shape index (κ3) is 7.65. The fourth-order valence-corrected chi connectivity index (χ4v) is 1.61. The van der Waals surface area contributed by atoms with Gasteiger partial charge in [0.05, 0.1) is 6.04 Å². The largest absolute Gasteiger partial charge is 0.368 e. The maximum Gasteiger partial charge on any atom is 0.235 e. The summed E-state index contributed by atoms with van der Waals surface area (Å²) >= 11 is 0. The smallest absolute Gasteiger partial charge is 0.235 e. The van der Waals surface area contributed by atoms with Crippen molar-refractivity contribution in [1.82, 2.24) is 5.32 Å². The van der Waals surface area contributed by atoms with Crippen molar-refractivity contribution in [2.75, 3.05) is 13.1 Å². The average molecular weight is 229 g/mol. The minimum Gasteiger partial charge on any atom is -0.368 e. The lowest BCUT2D eigenvalue weighted by Crippen LogP contribution is -2.46. The number of unbranched alkanes of at least 4 members (excludes halogenated alkanes) is 2. The maximum absolute atomic E-state index is 10.7. The Hall–Kier alpha value is -0.610. The molecular formula is C12H27N3O. The van der Waals surface area contributed by atoms with E-state index in [0.717, 1.165) is 6.54 Å². The van der Waals surface area contributed by atoms with Crippen LogP contribution in [0, 0.1) is 5.41 Å². The zero-order valence-corrected chi connectivity index (χ0v) is 10.9. The van der Waals surface area contributed by atoms with E-state index in [9.17, 15) is 4.79 Å². The highest BCUT2D eigenvalue weighted by molar-refractivity contribution is 5.79. The van der Waals surface area contributed by atoms with Crippen molar-refractivity contribution >= 4 is 5.91 Å². The van der Waals surface area contributed by atoms with Crippen LogP contribution in [-0.2, 0) is 4.79 Å². The molecule has 5 N–H and O–H groups in total. The summed E-state index contributed by atoms with van der Waals surface area (Å²) in [5.41, 5.74) is 10.9. The Bertz CT molecular complexity index is 204. The van der Waals surface area contributed by atoms with Gasteiger partial charge in [-0.25, -0.2) is 0 Å². The molecule has 0 aliphatic heterocycles. The molecule has 0 fully saturated rings. The second-order valence-corrected chi connectivity index (χ2v) is 5.26. The fraction of sp³-hybridized carbons (Fsp3) is 0.917. The molecule has 0 saturated carbocycles. The molecule has 0 aromatic rings. The topological polar surface area (TPSA) is 81.1 Å². The van der Waals surface area contributed by atoms with E-state index in [0.29, 0.717) is 6.54 Å². The SMILES string of the molecule is CCCCCC(C)(C)CNCC(N)C(N)=O. The van der Waals surface area contributed by atoms with Crippen molar-refractivity contribution in [2.24, 2.45) is 16.9 Å². The van der Waals surface area contributed by atoms with Gasteiger partial charge in [0.25, 0.3) is 0 Å². The molecule has 0 heterocycles. The zero-order valence-electron chi connectivity index (χ0n) is 10.9. The quantitative estimate of drug-likeness (QED) is 0.516. The van der Waals surface area contributed by atoms with Gasteiger partial charge in [-0.2, -0.15) is 0 Å². The third-order valence-corrected chi connectivity index (χ3v) is 2.79. The van der Waals surface area contributed by atoms with Crippen LogP contribution in [0.5, 0.6) is 0 Å². The Labute approximate surface area is 99.1 Å². The Morgan fingerprint density at radius 3 is 2.50 bits per heavy atom. The predicted octanol–water partition coefficient (Wildman–Crippen LogP) is 0.995. The third-order valence-electron chi connectivity index (χ3n) is 2.79. The summed E-state index contributed by atoms with van der Waals surface area (Å²) in [6, 6.07) is -0.577. The summed E-state index contributed by atoms with van der Waals surface area (Å²) in [7, 11) is 0. The first-order chi connectivity index (χ1) is 7.39. The second-order valence-electron chi connectivity index (χ2n) is 5.26. The highest BCUT2D eigenvalue weighted by Gasteiger charge is 2.17. The number of rotatable bonds is 9. The van der Waals surface area contributed by atoms with Crippen molar-refractivity contribution in [3.8, 4) is 0 Å². The van der Waals surface area contributed by atoms with E-state index in [-0.39, 0.29) is 5.41 Å². The molecule has 0 aliphatic carbocycles. The minimum atomic E-state index is -0.577. The maximum atomic E-state index is 10.7. The van der Waals surface area contributed by atoms with E-state index in [2.05, 4.69) is 26.1 Å². The van der Waals surface area contributed by atoms with Crippen molar-refractivity contribution < 1.29 is 4.79 Å². The number of nitrogens with two attached hydrogens (primary N) is 2. The molecule has 1 amide bonds. The summed E-state index contributed by atoms with van der Waals surface area (Å²) in [5, 5.41) is 3.21. The van der Waals surface area contributed by atoms with Gasteiger partial charge in [0.15, 0.2) is 0 Å². The van der Waals surface area contributed by atoms with Crippen LogP contribution in [0.2, 0.25) is 0 Å². The first-order valence-corrected chi connectivity index (χ1v) is 6.14. The van der Waals surface area contributed by atoms with Crippen LogP contribution >= 0.6 is 0 Å². The van der Waals surface area contributed by atoms with E-state index in [1.165, 1.54) is 25.7 Å². The number of amides is 1. The summed E-state index contributed by atoms with van der Waals surface area (Å²) in [4.78, 5) is 10.7. The Kier molecular flexibility index (Phi) is 7.34. The molecule has 0 aliphatic rings. The molecule has 0 aromatic heterocycles. The molecule has 0 aromatic carbocycles. The number of primary amides is 1. The summed E-state index contributed by atoms with van der Waals surface area (Å²) in [5.74, 6) is -0.448. The number of carbonyl (C=O) groups excluding carboxylic acids is 1. The zero-order chi connectivity index (χ0) is 12.6. The Balaban J connectivity index is 3.68. The van der Waals surface area contributed by atoms with Crippen LogP contribution in [0.25, 0.3) is 0 Å². The summed E-state index contributed by atoms with van der Waals surface area (Å²) in [6.45, 7) is 8.00. The summed E-state index contributed by atoms with van der Waals surface area (Å²) in [6.07, 6.45) is 4.98. The van der Waals surface area contributed by atoms with Gasteiger partial charge >= 0.3 is 0 Å². The standard InChI is InChI=1S/C12H27N3O/c1-4-5-6-7-12(2,3)9-15-8-10(13)11(14)16/h10,15H,4-9,13H2,1-3H3,(H2,14,16). The van der Waals surface area contributed by atoms with Gasteiger partial charge in [0.1, 0.15) is 0 Å². The molecule has 1 atom stereocenters. The fourth-order valence-electron chi connectivity index (χ4n) is 1.61. The van der Waals surface area contributed by atoms with Crippen LogP contribution < -0.4 is 16.8 Å². The molecule has 0 rings (SSSR count). The van der Waals surface area contributed by atoms with Gasteiger partial charge in [0.2, 0.25) is 5.91 Å². The van der Waals surface area contributed by atoms with Crippen molar-refractivity contribution in [2.45, 2.75) is 52.5 Å². The lowest BCUT2D eigenvalue weighted by Gasteiger charge is -2.25. The molecule has 0 spiro atoms. The molecular weight excluding hydrogens is 202 g/mol. The molecule has 4 nitrogen and oxygen atoms in total. The highest BCUT2D eigenvalue weighted by atomic mass is 16.1. The van der Waals surface area contributed by atoms with Crippen LogP contribution in [0.4, 0.5) is 0 Å². The Morgan fingerprint density at radius 2 is 2.00 bits per heavy atom. The first kappa shape index (κ1) is 15.4.